The quantitative estimate of drug-likeness (QED) is 0.720. The van der Waals surface area contributed by atoms with Crippen molar-refractivity contribution in [2.45, 2.75) is 31.7 Å². The second kappa shape index (κ2) is 4.87. The van der Waals surface area contributed by atoms with Gasteiger partial charge in [0.05, 0.1) is 18.3 Å². The van der Waals surface area contributed by atoms with Crippen LogP contribution in [-0.4, -0.2) is 27.5 Å². The Hall–Kier alpha value is -2.11. The van der Waals surface area contributed by atoms with E-state index in [0.29, 0.717) is 11.4 Å². The van der Waals surface area contributed by atoms with Gasteiger partial charge >= 0.3 is 5.97 Å². The van der Waals surface area contributed by atoms with Crippen molar-refractivity contribution in [3.63, 3.8) is 0 Å². The van der Waals surface area contributed by atoms with E-state index in [4.69, 9.17) is 5.73 Å². The van der Waals surface area contributed by atoms with Crippen LogP contribution in [0.15, 0.2) is 18.3 Å². The number of hydrogen-bond donors (Lipinski definition) is 3. The second-order valence-electron chi connectivity index (χ2n) is 5.09. The molecule has 1 unspecified atom stereocenters. The number of nitrogens with zero attached hydrogens (tertiary/aromatic N) is 1. The van der Waals surface area contributed by atoms with Crippen LogP contribution in [0.4, 0.5) is 5.69 Å². The molecule has 1 heterocycles. The molecule has 19 heavy (non-hydrogen) atoms. The zero-order chi connectivity index (χ0) is 14.0. The van der Waals surface area contributed by atoms with Crippen molar-refractivity contribution in [3.05, 3.63) is 24.0 Å². The Kier molecular flexibility index (Phi) is 3.42. The average Bonchev–Trinajstić information content (AvgIpc) is 3.16. The van der Waals surface area contributed by atoms with Crippen LogP contribution in [0.5, 0.6) is 0 Å². The van der Waals surface area contributed by atoms with Gasteiger partial charge in [0.1, 0.15) is 5.54 Å². The van der Waals surface area contributed by atoms with E-state index in [1.807, 2.05) is 0 Å². The molecule has 1 fully saturated rings. The number of nitrogens with two attached hydrogens (primary N) is 1. The highest BCUT2D eigenvalue weighted by Crippen LogP contribution is 2.39. The summed E-state index contributed by atoms with van der Waals surface area (Å²) in [5, 5.41) is 11.9. The van der Waals surface area contributed by atoms with Crippen LogP contribution < -0.4 is 11.1 Å². The van der Waals surface area contributed by atoms with Crippen LogP contribution in [0, 0.1) is 5.92 Å². The fourth-order valence-electron chi connectivity index (χ4n) is 2.03. The summed E-state index contributed by atoms with van der Waals surface area (Å²) in [7, 11) is 0. The minimum Gasteiger partial charge on any atom is -0.480 e. The minimum absolute atomic E-state index is 0.0216. The van der Waals surface area contributed by atoms with Crippen molar-refractivity contribution in [2.24, 2.45) is 5.92 Å². The lowest BCUT2D eigenvalue weighted by molar-refractivity contribution is -0.147. The fraction of sp³-hybridized carbons (Fsp3) is 0.462. The number of amides is 1. The standard InChI is InChI=1S/C13H17N3O3/c1-13(12(18)19,8-2-3-8)16-11(17)6-10-5-4-9(14)7-15-10/h4-5,7-8H,2-3,6,14H2,1H3,(H,16,17)(H,18,19). The highest BCUT2D eigenvalue weighted by Gasteiger charge is 2.48. The van der Waals surface area contributed by atoms with Crippen molar-refractivity contribution < 1.29 is 14.7 Å². The van der Waals surface area contributed by atoms with Crippen molar-refractivity contribution in [1.82, 2.24) is 10.3 Å². The predicted octanol–water partition coefficient (Wildman–Crippen LogP) is 0.576. The maximum Gasteiger partial charge on any atom is 0.329 e. The summed E-state index contributed by atoms with van der Waals surface area (Å²) in [6, 6.07) is 3.32. The molecule has 1 aromatic heterocycles. The molecule has 0 radical (unpaired) electrons. The van der Waals surface area contributed by atoms with Crippen molar-refractivity contribution in [3.8, 4) is 0 Å². The molecule has 0 saturated heterocycles. The molecule has 1 amide bonds. The van der Waals surface area contributed by atoms with Crippen LogP contribution in [-0.2, 0) is 16.0 Å². The average molecular weight is 263 g/mol. The van der Waals surface area contributed by atoms with Gasteiger partial charge in [-0.25, -0.2) is 4.79 Å². The third-order valence-electron chi connectivity index (χ3n) is 3.43. The molecule has 1 aliphatic rings. The number of nitrogens with one attached hydrogen (secondary N) is 1. The molecule has 1 atom stereocenters. The Labute approximate surface area is 111 Å². The third kappa shape index (κ3) is 3.01. The van der Waals surface area contributed by atoms with Gasteiger partial charge in [-0.1, -0.05) is 0 Å². The zero-order valence-corrected chi connectivity index (χ0v) is 10.7. The van der Waals surface area contributed by atoms with Crippen molar-refractivity contribution >= 4 is 17.6 Å². The topological polar surface area (TPSA) is 105 Å². The first-order valence-electron chi connectivity index (χ1n) is 6.16. The van der Waals surface area contributed by atoms with Gasteiger partial charge in [0, 0.05) is 5.69 Å². The largest absolute Gasteiger partial charge is 0.480 e. The number of carbonyl (C=O) groups is 2. The molecule has 102 valence electrons. The summed E-state index contributed by atoms with van der Waals surface area (Å²) in [5.41, 5.74) is 5.42. The summed E-state index contributed by atoms with van der Waals surface area (Å²) < 4.78 is 0. The molecule has 6 nitrogen and oxygen atoms in total. The Bertz CT molecular complexity index is 496. The minimum atomic E-state index is -1.18. The van der Waals surface area contributed by atoms with Crippen LogP contribution in [0.3, 0.4) is 0 Å². The monoisotopic (exact) mass is 263 g/mol. The Balaban J connectivity index is 2.00. The summed E-state index contributed by atoms with van der Waals surface area (Å²) in [6.07, 6.45) is 3.20. The smallest absolute Gasteiger partial charge is 0.329 e. The van der Waals surface area contributed by atoms with Crippen LogP contribution in [0.1, 0.15) is 25.5 Å². The van der Waals surface area contributed by atoms with Crippen LogP contribution in [0.25, 0.3) is 0 Å². The number of hydrogen-bond acceptors (Lipinski definition) is 4. The molecule has 0 aliphatic heterocycles. The van der Waals surface area contributed by atoms with Gasteiger partial charge < -0.3 is 16.2 Å². The number of carboxylic acid groups (broad SMARTS) is 1. The summed E-state index contributed by atoms with van der Waals surface area (Å²) >= 11 is 0. The summed E-state index contributed by atoms with van der Waals surface area (Å²) in [5.74, 6) is -1.31. The lowest BCUT2D eigenvalue weighted by Crippen LogP contribution is -2.54. The van der Waals surface area contributed by atoms with E-state index in [-0.39, 0.29) is 18.2 Å². The van der Waals surface area contributed by atoms with E-state index in [0.717, 1.165) is 12.8 Å². The number of aliphatic carboxylic acids is 1. The van der Waals surface area contributed by atoms with Crippen molar-refractivity contribution in [2.75, 3.05) is 5.73 Å². The Morgan fingerprint density at radius 1 is 1.53 bits per heavy atom. The van der Waals surface area contributed by atoms with Gasteiger partial charge in [-0.3, -0.25) is 9.78 Å². The number of pyridine rings is 1. The maximum absolute atomic E-state index is 11.9. The van der Waals surface area contributed by atoms with E-state index in [2.05, 4.69) is 10.3 Å². The number of carboxylic acids is 1. The number of carbonyl (C=O) groups excluding carboxylic acids is 1. The normalized spacial score (nSPS) is 17.5. The molecule has 0 spiro atoms. The highest BCUT2D eigenvalue weighted by atomic mass is 16.4. The van der Waals surface area contributed by atoms with E-state index >= 15 is 0 Å². The van der Waals surface area contributed by atoms with Gasteiger partial charge in [-0.05, 0) is 37.8 Å². The molecule has 1 aromatic rings. The molecule has 0 bridgehead atoms. The van der Waals surface area contributed by atoms with Gasteiger partial charge in [0.2, 0.25) is 5.91 Å². The number of anilines is 1. The first-order valence-corrected chi connectivity index (χ1v) is 6.16. The van der Waals surface area contributed by atoms with Crippen LogP contribution in [0.2, 0.25) is 0 Å². The van der Waals surface area contributed by atoms with E-state index in [1.165, 1.54) is 6.20 Å². The van der Waals surface area contributed by atoms with Gasteiger partial charge in [0.25, 0.3) is 0 Å². The molecule has 1 saturated carbocycles. The SMILES string of the molecule is CC(NC(=O)Cc1ccc(N)cn1)(C(=O)O)C1CC1. The molecule has 6 heteroatoms. The molecular weight excluding hydrogens is 246 g/mol. The fourth-order valence-corrected chi connectivity index (χ4v) is 2.03. The predicted molar refractivity (Wildman–Crippen MR) is 69.3 cm³/mol. The van der Waals surface area contributed by atoms with E-state index in [9.17, 15) is 14.7 Å². The van der Waals surface area contributed by atoms with Crippen LogP contribution >= 0.6 is 0 Å². The van der Waals surface area contributed by atoms with Crippen molar-refractivity contribution in [1.29, 1.82) is 0 Å². The first kappa shape index (κ1) is 13.3. The van der Waals surface area contributed by atoms with E-state index < -0.39 is 11.5 Å². The van der Waals surface area contributed by atoms with Gasteiger partial charge in [-0.15, -0.1) is 0 Å². The lowest BCUT2D eigenvalue weighted by atomic mass is 9.95. The maximum atomic E-state index is 11.9. The van der Waals surface area contributed by atoms with E-state index in [1.54, 1.807) is 19.1 Å². The van der Waals surface area contributed by atoms with Gasteiger partial charge in [0.15, 0.2) is 0 Å². The second-order valence-corrected chi connectivity index (χ2v) is 5.09. The molecular formula is C13H17N3O3. The zero-order valence-electron chi connectivity index (χ0n) is 10.7. The van der Waals surface area contributed by atoms with Gasteiger partial charge in [-0.2, -0.15) is 0 Å². The highest BCUT2D eigenvalue weighted by molar-refractivity contribution is 5.88. The number of aromatic nitrogens is 1. The number of nitrogen functional groups attached to an aromatic ring is 1. The molecule has 4 N–H and O–H groups in total. The first-order chi connectivity index (χ1) is 8.91. The Morgan fingerprint density at radius 2 is 2.21 bits per heavy atom. The third-order valence-corrected chi connectivity index (χ3v) is 3.43. The molecule has 1 aliphatic carbocycles. The molecule has 2 rings (SSSR count). The Morgan fingerprint density at radius 3 is 2.68 bits per heavy atom. The lowest BCUT2D eigenvalue weighted by Gasteiger charge is -2.26. The summed E-state index contributed by atoms with van der Waals surface area (Å²) in [6.45, 7) is 1.56. The summed E-state index contributed by atoms with van der Waals surface area (Å²) in [4.78, 5) is 27.2. The number of rotatable bonds is 5. The molecule has 0 aromatic carbocycles.